The van der Waals surface area contributed by atoms with Crippen molar-refractivity contribution >= 4 is 40.7 Å². The lowest BCUT2D eigenvalue weighted by molar-refractivity contribution is -0.147. The smallest absolute Gasteiger partial charge is 0.250 e. The van der Waals surface area contributed by atoms with Crippen molar-refractivity contribution in [3.05, 3.63) is 95.5 Å². The highest BCUT2D eigenvalue weighted by atomic mass is 35.5. The SMILES string of the molecule is C[C@]12CCC3(O1)C(C(=O)Nc1ccc(Cl)cc1)N([C@H](CO)c1ccccc1)C(=O)[C@@H]3[C@H]2C(=O)Nc1ccccc1. The number of likely N-dealkylation sites (tertiary alicyclic amines) is 1. The number of para-hydroxylation sites is 1. The highest BCUT2D eigenvalue weighted by Gasteiger charge is 2.78. The number of hydrogen-bond acceptors (Lipinski definition) is 5. The third-order valence-corrected chi connectivity index (χ3v) is 8.84. The van der Waals surface area contributed by atoms with Crippen LogP contribution in [0.4, 0.5) is 11.4 Å². The molecule has 6 atom stereocenters. The minimum absolute atomic E-state index is 0.326. The molecule has 3 amide bonds. The molecule has 9 heteroatoms. The molecular weight excluding hydrogens is 530 g/mol. The van der Waals surface area contributed by atoms with E-state index in [1.54, 1.807) is 36.4 Å². The van der Waals surface area contributed by atoms with Crippen LogP contribution in [0.2, 0.25) is 5.02 Å². The second-order valence-corrected chi connectivity index (χ2v) is 11.4. The van der Waals surface area contributed by atoms with E-state index in [9.17, 15) is 19.5 Å². The van der Waals surface area contributed by atoms with E-state index in [2.05, 4.69) is 10.6 Å². The number of nitrogens with zero attached hydrogens (tertiary/aromatic N) is 1. The van der Waals surface area contributed by atoms with Crippen LogP contribution in [0.25, 0.3) is 0 Å². The van der Waals surface area contributed by atoms with Crippen molar-refractivity contribution in [3.63, 3.8) is 0 Å². The van der Waals surface area contributed by atoms with Gasteiger partial charge in [-0.15, -0.1) is 0 Å². The maximum atomic E-state index is 14.4. The monoisotopic (exact) mass is 559 g/mol. The molecule has 3 N–H and O–H groups in total. The molecule has 3 aromatic carbocycles. The van der Waals surface area contributed by atoms with Gasteiger partial charge in [0, 0.05) is 16.4 Å². The molecule has 0 aromatic heterocycles. The third-order valence-electron chi connectivity index (χ3n) is 8.59. The molecular formula is C31H30ClN3O5. The first-order valence-electron chi connectivity index (χ1n) is 13.4. The summed E-state index contributed by atoms with van der Waals surface area (Å²) in [6.45, 7) is 1.45. The number of aliphatic hydroxyl groups excluding tert-OH is 1. The second kappa shape index (κ2) is 10.0. The van der Waals surface area contributed by atoms with Crippen LogP contribution in [0.3, 0.4) is 0 Å². The molecule has 6 rings (SSSR count). The van der Waals surface area contributed by atoms with E-state index in [-0.39, 0.29) is 11.8 Å². The number of fused-ring (bicyclic) bond motifs is 1. The van der Waals surface area contributed by atoms with Gasteiger partial charge >= 0.3 is 0 Å². The lowest BCUT2D eigenvalue weighted by Gasteiger charge is -2.37. The molecule has 3 aliphatic rings. The van der Waals surface area contributed by atoms with Crippen LogP contribution in [-0.2, 0) is 19.1 Å². The summed E-state index contributed by atoms with van der Waals surface area (Å²) >= 11 is 6.04. The van der Waals surface area contributed by atoms with Crippen molar-refractivity contribution in [2.75, 3.05) is 17.2 Å². The summed E-state index contributed by atoms with van der Waals surface area (Å²) in [6.07, 6.45) is 0.939. The number of benzene rings is 3. The van der Waals surface area contributed by atoms with Gasteiger partial charge in [0.25, 0.3) is 0 Å². The molecule has 3 fully saturated rings. The molecule has 2 unspecified atom stereocenters. The van der Waals surface area contributed by atoms with E-state index < -0.39 is 47.6 Å². The van der Waals surface area contributed by atoms with Gasteiger partial charge in [0.1, 0.15) is 11.6 Å². The lowest BCUT2D eigenvalue weighted by Crippen LogP contribution is -2.54. The highest BCUT2D eigenvalue weighted by molar-refractivity contribution is 6.30. The Hall–Kier alpha value is -3.72. The van der Waals surface area contributed by atoms with Gasteiger partial charge in [0.05, 0.1) is 30.1 Å². The first-order chi connectivity index (χ1) is 19.3. The van der Waals surface area contributed by atoms with E-state index in [0.717, 1.165) is 0 Å². The zero-order valence-corrected chi connectivity index (χ0v) is 22.7. The molecule has 0 aliphatic carbocycles. The molecule has 3 heterocycles. The van der Waals surface area contributed by atoms with Crippen molar-refractivity contribution in [1.29, 1.82) is 0 Å². The summed E-state index contributed by atoms with van der Waals surface area (Å²) in [5.41, 5.74) is -0.344. The summed E-state index contributed by atoms with van der Waals surface area (Å²) in [5.74, 6) is -2.86. The van der Waals surface area contributed by atoms with Gasteiger partial charge in [0.2, 0.25) is 17.7 Å². The van der Waals surface area contributed by atoms with Crippen molar-refractivity contribution in [2.24, 2.45) is 11.8 Å². The van der Waals surface area contributed by atoms with Crippen molar-refractivity contribution < 1.29 is 24.2 Å². The van der Waals surface area contributed by atoms with Crippen molar-refractivity contribution in [1.82, 2.24) is 4.90 Å². The van der Waals surface area contributed by atoms with Crippen molar-refractivity contribution in [2.45, 2.75) is 43.1 Å². The normalized spacial score (nSPS) is 29.2. The van der Waals surface area contributed by atoms with E-state index >= 15 is 0 Å². The minimum Gasteiger partial charge on any atom is -0.394 e. The Bertz CT molecular complexity index is 1440. The molecule has 206 valence electrons. The zero-order chi connectivity index (χ0) is 28.1. The number of aliphatic hydroxyl groups is 1. The Morgan fingerprint density at radius 3 is 2.20 bits per heavy atom. The second-order valence-electron chi connectivity index (χ2n) is 10.9. The largest absolute Gasteiger partial charge is 0.394 e. The number of nitrogens with one attached hydrogen (secondary N) is 2. The number of anilines is 2. The van der Waals surface area contributed by atoms with E-state index in [1.807, 2.05) is 55.5 Å². The number of carbonyl (C=O) groups is 3. The average molecular weight is 560 g/mol. The number of hydrogen-bond donors (Lipinski definition) is 3. The molecule has 8 nitrogen and oxygen atoms in total. The van der Waals surface area contributed by atoms with Gasteiger partial charge in [-0.2, -0.15) is 0 Å². The fraction of sp³-hybridized carbons (Fsp3) is 0.323. The van der Waals surface area contributed by atoms with Gasteiger partial charge in [-0.25, -0.2) is 0 Å². The quantitative estimate of drug-likeness (QED) is 0.397. The third kappa shape index (κ3) is 4.18. The Kier molecular flexibility index (Phi) is 6.65. The van der Waals surface area contributed by atoms with Crippen LogP contribution < -0.4 is 10.6 Å². The van der Waals surface area contributed by atoms with Gasteiger partial charge in [-0.3, -0.25) is 14.4 Å². The Morgan fingerprint density at radius 2 is 1.55 bits per heavy atom. The summed E-state index contributed by atoms with van der Waals surface area (Å²) in [6, 6.07) is 23.0. The molecule has 2 bridgehead atoms. The average Bonchev–Trinajstić information content (AvgIpc) is 3.52. The topological polar surface area (TPSA) is 108 Å². The van der Waals surface area contributed by atoms with E-state index in [1.165, 1.54) is 4.90 Å². The van der Waals surface area contributed by atoms with Crippen LogP contribution in [0.1, 0.15) is 31.4 Å². The number of halogens is 1. The first-order valence-corrected chi connectivity index (χ1v) is 13.8. The highest BCUT2D eigenvalue weighted by Crippen LogP contribution is 2.64. The predicted molar refractivity (Wildman–Crippen MR) is 150 cm³/mol. The van der Waals surface area contributed by atoms with Crippen LogP contribution in [0.5, 0.6) is 0 Å². The van der Waals surface area contributed by atoms with Crippen LogP contribution in [-0.4, -0.2) is 51.6 Å². The van der Waals surface area contributed by atoms with E-state index in [4.69, 9.17) is 16.3 Å². The van der Waals surface area contributed by atoms with Crippen molar-refractivity contribution in [3.8, 4) is 0 Å². The summed E-state index contributed by atoms with van der Waals surface area (Å²) in [7, 11) is 0. The summed E-state index contributed by atoms with van der Waals surface area (Å²) in [5, 5.41) is 17.0. The fourth-order valence-electron chi connectivity index (χ4n) is 6.91. The number of amides is 3. The summed E-state index contributed by atoms with van der Waals surface area (Å²) < 4.78 is 6.68. The van der Waals surface area contributed by atoms with E-state index in [0.29, 0.717) is 34.8 Å². The molecule has 3 saturated heterocycles. The molecule has 3 aromatic rings. The first kappa shape index (κ1) is 26.5. The standard InChI is InChI=1S/C31H30ClN3O5/c1-30-16-17-31(40-30)25(24(30)27(37)33-21-10-6-3-7-11-21)29(39)35(23(18-36)19-8-4-2-5-9-19)26(31)28(38)34-22-14-12-20(32)13-15-22/h2-15,23-26,36H,16-18H2,1H3,(H,33,37)(H,34,38)/t23-,24+,25+,26?,30-,31?/m1/s1. The number of ether oxygens (including phenoxy) is 1. The van der Waals surface area contributed by atoms with Gasteiger partial charge < -0.3 is 25.4 Å². The lowest BCUT2D eigenvalue weighted by atomic mass is 9.66. The molecule has 3 aliphatic heterocycles. The predicted octanol–water partition coefficient (Wildman–Crippen LogP) is 4.42. The fourth-order valence-corrected chi connectivity index (χ4v) is 7.04. The molecule has 1 spiro atoms. The maximum Gasteiger partial charge on any atom is 0.250 e. The van der Waals surface area contributed by atoms with Crippen LogP contribution in [0, 0.1) is 11.8 Å². The van der Waals surface area contributed by atoms with Crippen LogP contribution in [0.15, 0.2) is 84.9 Å². The maximum absolute atomic E-state index is 14.4. The van der Waals surface area contributed by atoms with Gasteiger partial charge in [0.15, 0.2) is 0 Å². The summed E-state index contributed by atoms with van der Waals surface area (Å²) in [4.78, 5) is 43.8. The molecule has 0 radical (unpaired) electrons. The Balaban J connectivity index is 1.42. The van der Waals surface area contributed by atoms with Gasteiger partial charge in [-0.05, 0) is 61.7 Å². The Labute approximate surface area is 237 Å². The van der Waals surface area contributed by atoms with Crippen LogP contribution >= 0.6 is 11.6 Å². The Morgan fingerprint density at radius 1 is 0.950 bits per heavy atom. The molecule has 0 saturated carbocycles. The number of rotatable bonds is 7. The minimum atomic E-state index is -1.23. The van der Waals surface area contributed by atoms with Gasteiger partial charge in [-0.1, -0.05) is 60.1 Å². The molecule has 40 heavy (non-hydrogen) atoms. The number of carbonyl (C=O) groups excluding carboxylic acids is 3. The zero-order valence-electron chi connectivity index (χ0n) is 21.9.